The van der Waals surface area contributed by atoms with Crippen LogP contribution in [0.25, 0.3) is 0 Å². The Kier molecular flexibility index (Phi) is 4.21. The van der Waals surface area contributed by atoms with Gasteiger partial charge in [-0.25, -0.2) is 9.37 Å². The van der Waals surface area contributed by atoms with Crippen LogP contribution in [0.1, 0.15) is 41.4 Å². The highest BCUT2D eigenvalue weighted by atomic mass is 19.1. The average Bonchev–Trinajstić information content (AvgIpc) is 2.43. The lowest BCUT2D eigenvalue weighted by atomic mass is 10.1. The molecule has 0 aliphatic heterocycles. The third-order valence-electron chi connectivity index (χ3n) is 3.23. The number of anilines is 2. The van der Waals surface area contributed by atoms with Gasteiger partial charge < -0.3 is 11.1 Å². The van der Waals surface area contributed by atoms with E-state index in [-0.39, 0.29) is 17.6 Å². The summed E-state index contributed by atoms with van der Waals surface area (Å²) in [6, 6.07) is 7.77. The van der Waals surface area contributed by atoms with Crippen molar-refractivity contribution >= 4 is 17.4 Å². The summed E-state index contributed by atoms with van der Waals surface area (Å²) in [5.74, 6) is -0.233. The van der Waals surface area contributed by atoms with Gasteiger partial charge in [0, 0.05) is 22.5 Å². The highest BCUT2D eigenvalue weighted by Gasteiger charge is 2.13. The second-order valence-corrected chi connectivity index (χ2v) is 5.23. The van der Waals surface area contributed by atoms with Crippen molar-refractivity contribution in [3.05, 3.63) is 53.0 Å². The summed E-state index contributed by atoms with van der Waals surface area (Å²) in [4.78, 5) is 16.5. The fourth-order valence-electron chi connectivity index (χ4n) is 1.94. The molecular weight excluding hydrogens is 269 g/mol. The molecular formula is C16H18FN3O. The molecule has 2 rings (SSSR count). The molecule has 2 aromatic rings. The molecule has 0 aliphatic rings. The Morgan fingerprint density at radius 1 is 1.33 bits per heavy atom. The summed E-state index contributed by atoms with van der Waals surface area (Å²) >= 11 is 0. The number of aromatic nitrogens is 1. The van der Waals surface area contributed by atoms with Crippen LogP contribution in [0.3, 0.4) is 0 Å². The van der Waals surface area contributed by atoms with Crippen molar-refractivity contribution in [3.8, 4) is 0 Å². The Labute approximate surface area is 123 Å². The smallest absolute Gasteiger partial charge is 0.255 e. The first-order valence-corrected chi connectivity index (χ1v) is 6.72. The molecule has 0 bridgehead atoms. The average molecular weight is 287 g/mol. The van der Waals surface area contributed by atoms with Gasteiger partial charge in [-0.2, -0.15) is 0 Å². The minimum absolute atomic E-state index is 0.163. The van der Waals surface area contributed by atoms with Crippen molar-refractivity contribution in [1.29, 1.82) is 0 Å². The van der Waals surface area contributed by atoms with Gasteiger partial charge in [0.1, 0.15) is 11.6 Å². The molecule has 110 valence electrons. The fourth-order valence-corrected chi connectivity index (χ4v) is 1.94. The van der Waals surface area contributed by atoms with Gasteiger partial charge in [-0.05, 0) is 37.1 Å². The van der Waals surface area contributed by atoms with E-state index in [4.69, 9.17) is 5.73 Å². The number of rotatable bonds is 3. The number of hydrogen-bond acceptors (Lipinski definition) is 3. The molecule has 0 saturated heterocycles. The Balaban J connectivity index is 2.30. The van der Waals surface area contributed by atoms with Crippen LogP contribution in [0.4, 0.5) is 15.9 Å². The first kappa shape index (κ1) is 15.0. The third-order valence-corrected chi connectivity index (χ3v) is 3.23. The molecule has 1 amide bonds. The molecule has 4 nitrogen and oxygen atoms in total. The lowest BCUT2D eigenvalue weighted by Gasteiger charge is -2.11. The maximum atomic E-state index is 13.5. The Bertz CT molecular complexity index is 683. The zero-order chi connectivity index (χ0) is 15.6. The number of nitrogens with zero attached hydrogens (tertiary/aromatic N) is 1. The van der Waals surface area contributed by atoms with Crippen molar-refractivity contribution in [2.45, 2.75) is 26.7 Å². The van der Waals surface area contributed by atoms with E-state index in [0.29, 0.717) is 22.6 Å². The number of halogens is 1. The molecule has 21 heavy (non-hydrogen) atoms. The quantitative estimate of drug-likeness (QED) is 0.908. The number of nitrogen functional groups attached to an aromatic ring is 1. The maximum Gasteiger partial charge on any atom is 0.255 e. The van der Waals surface area contributed by atoms with Crippen LogP contribution in [-0.4, -0.2) is 10.9 Å². The van der Waals surface area contributed by atoms with Crippen molar-refractivity contribution in [3.63, 3.8) is 0 Å². The summed E-state index contributed by atoms with van der Waals surface area (Å²) < 4.78 is 13.5. The Morgan fingerprint density at radius 3 is 2.71 bits per heavy atom. The number of hydrogen-bond donors (Lipinski definition) is 2. The predicted octanol–water partition coefficient (Wildman–Crippen LogP) is 3.49. The SMILES string of the molecule is Cc1c(F)cccc1NC(=O)c1cc(N)nc(C(C)C)c1. The van der Waals surface area contributed by atoms with E-state index < -0.39 is 0 Å². The molecule has 1 aromatic heterocycles. The summed E-state index contributed by atoms with van der Waals surface area (Å²) in [5, 5.41) is 2.70. The van der Waals surface area contributed by atoms with Crippen LogP contribution in [0.5, 0.6) is 0 Å². The molecule has 0 saturated carbocycles. The number of amides is 1. The first-order valence-electron chi connectivity index (χ1n) is 6.72. The van der Waals surface area contributed by atoms with E-state index in [2.05, 4.69) is 10.3 Å². The van der Waals surface area contributed by atoms with E-state index in [1.54, 1.807) is 25.1 Å². The van der Waals surface area contributed by atoms with Crippen LogP contribution in [0, 0.1) is 12.7 Å². The van der Waals surface area contributed by atoms with Crippen LogP contribution < -0.4 is 11.1 Å². The van der Waals surface area contributed by atoms with Crippen LogP contribution >= 0.6 is 0 Å². The van der Waals surface area contributed by atoms with Crippen molar-refractivity contribution in [1.82, 2.24) is 4.98 Å². The monoisotopic (exact) mass is 287 g/mol. The summed E-state index contributed by atoms with van der Waals surface area (Å²) in [5.41, 5.74) is 7.74. The van der Waals surface area contributed by atoms with Gasteiger partial charge in [0.15, 0.2) is 0 Å². The number of carbonyl (C=O) groups excluding carboxylic acids is 1. The normalized spacial score (nSPS) is 10.7. The molecule has 1 aromatic carbocycles. The molecule has 3 N–H and O–H groups in total. The molecule has 0 radical (unpaired) electrons. The van der Waals surface area contributed by atoms with Gasteiger partial charge in [0.25, 0.3) is 5.91 Å². The zero-order valence-corrected chi connectivity index (χ0v) is 12.3. The van der Waals surface area contributed by atoms with E-state index in [1.165, 1.54) is 12.1 Å². The number of benzene rings is 1. The van der Waals surface area contributed by atoms with E-state index in [9.17, 15) is 9.18 Å². The number of pyridine rings is 1. The highest BCUT2D eigenvalue weighted by molar-refractivity contribution is 6.05. The first-order chi connectivity index (χ1) is 9.88. The second kappa shape index (κ2) is 5.91. The molecule has 0 aliphatic carbocycles. The number of nitrogens with one attached hydrogen (secondary N) is 1. The summed E-state index contributed by atoms with van der Waals surface area (Å²) in [6.45, 7) is 5.56. The molecule has 0 unspecified atom stereocenters. The second-order valence-electron chi connectivity index (χ2n) is 5.23. The zero-order valence-electron chi connectivity index (χ0n) is 12.3. The van der Waals surface area contributed by atoms with Crippen molar-refractivity contribution < 1.29 is 9.18 Å². The molecule has 0 atom stereocenters. The van der Waals surface area contributed by atoms with Crippen molar-refractivity contribution in [2.24, 2.45) is 0 Å². The topological polar surface area (TPSA) is 68.0 Å². The number of nitrogens with two attached hydrogens (primary N) is 1. The Morgan fingerprint density at radius 2 is 2.05 bits per heavy atom. The van der Waals surface area contributed by atoms with Gasteiger partial charge in [-0.1, -0.05) is 19.9 Å². The molecule has 1 heterocycles. The standard InChI is InChI=1S/C16H18FN3O/c1-9(2)14-7-11(8-15(18)19-14)16(21)20-13-6-4-5-12(17)10(13)3/h4-9H,1-3H3,(H2,18,19)(H,20,21). The minimum Gasteiger partial charge on any atom is -0.384 e. The van der Waals surface area contributed by atoms with Crippen LogP contribution in [0.15, 0.2) is 30.3 Å². The van der Waals surface area contributed by atoms with E-state index >= 15 is 0 Å². The van der Waals surface area contributed by atoms with Gasteiger partial charge in [0.05, 0.1) is 0 Å². The van der Waals surface area contributed by atoms with Crippen molar-refractivity contribution in [2.75, 3.05) is 11.1 Å². The molecule has 0 fully saturated rings. The third kappa shape index (κ3) is 3.37. The summed E-state index contributed by atoms with van der Waals surface area (Å²) in [6.07, 6.45) is 0. The molecule has 0 spiro atoms. The largest absolute Gasteiger partial charge is 0.384 e. The van der Waals surface area contributed by atoms with E-state index in [1.807, 2.05) is 13.8 Å². The fraction of sp³-hybridized carbons (Fsp3) is 0.250. The van der Waals surface area contributed by atoms with Crippen LogP contribution in [-0.2, 0) is 0 Å². The van der Waals surface area contributed by atoms with Gasteiger partial charge >= 0.3 is 0 Å². The Hall–Kier alpha value is -2.43. The maximum absolute atomic E-state index is 13.5. The minimum atomic E-state index is -0.357. The lowest BCUT2D eigenvalue weighted by Crippen LogP contribution is -2.15. The number of carbonyl (C=O) groups is 1. The lowest BCUT2D eigenvalue weighted by molar-refractivity contribution is 0.102. The molecule has 5 heteroatoms. The van der Waals surface area contributed by atoms with Gasteiger partial charge in [-0.15, -0.1) is 0 Å². The van der Waals surface area contributed by atoms with E-state index in [0.717, 1.165) is 5.69 Å². The predicted molar refractivity (Wildman–Crippen MR) is 81.8 cm³/mol. The highest BCUT2D eigenvalue weighted by Crippen LogP contribution is 2.20. The summed E-state index contributed by atoms with van der Waals surface area (Å²) in [7, 11) is 0. The van der Waals surface area contributed by atoms with Gasteiger partial charge in [-0.3, -0.25) is 4.79 Å². The van der Waals surface area contributed by atoms with Crippen LogP contribution in [0.2, 0.25) is 0 Å². The van der Waals surface area contributed by atoms with Gasteiger partial charge in [0.2, 0.25) is 0 Å².